The largest absolute Gasteiger partial charge is 0.416 e. The third-order valence-electron chi connectivity index (χ3n) is 3.26. The number of alkyl halides is 3. The van der Waals surface area contributed by atoms with Crippen molar-refractivity contribution in [3.63, 3.8) is 0 Å². The first kappa shape index (κ1) is 13.5. The van der Waals surface area contributed by atoms with Gasteiger partial charge < -0.3 is 10.3 Å². The molecule has 3 aromatic rings. The Labute approximate surface area is 118 Å². The maximum absolute atomic E-state index is 12.7. The summed E-state index contributed by atoms with van der Waals surface area (Å²) < 4.78 is 38.1. The lowest BCUT2D eigenvalue weighted by Crippen LogP contribution is -2.04. The molecule has 0 saturated carbocycles. The minimum absolute atomic E-state index is 0.373. The van der Waals surface area contributed by atoms with E-state index in [0.717, 1.165) is 23.4 Å². The first-order valence-electron chi connectivity index (χ1n) is 6.32. The first-order chi connectivity index (χ1) is 9.97. The summed E-state index contributed by atoms with van der Waals surface area (Å²) in [5.41, 5.74) is 1.97. The number of imidazole rings is 1. The molecule has 108 valence electrons. The highest BCUT2D eigenvalue weighted by Crippen LogP contribution is 2.31. The van der Waals surface area contributed by atoms with Crippen molar-refractivity contribution in [2.24, 2.45) is 0 Å². The van der Waals surface area contributed by atoms with Crippen molar-refractivity contribution in [1.29, 1.82) is 0 Å². The van der Waals surface area contributed by atoms with E-state index in [0.29, 0.717) is 16.9 Å². The van der Waals surface area contributed by atoms with Gasteiger partial charge >= 0.3 is 6.18 Å². The van der Waals surface area contributed by atoms with Crippen molar-refractivity contribution in [2.45, 2.75) is 6.18 Å². The number of nitrogens with zero attached hydrogens (tertiary/aromatic N) is 1. The maximum atomic E-state index is 12.7. The number of benzene rings is 2. The fourth-order valence-electron chi connectivity index (χ4n) is 2.12. The lowest BCUT2D eigenvalue weighted by molar-refractivity contribution is -0.137. The van der Waals surface area contributed by atoms with E-state index >= 15 is 0 Å². The molecule has 0 aliphatic rings. The van der Waals surface area contributed by atoms with Crippen molar-refractivity contribution >= 4 is 16.7 Å². The van der Waals surface area contributed by atoms with E-state index in [9.17, 15) is 13.2 Å². The van der Waals surface area contributed by atoms with E-state index in [1.54, 1.807) is 0 Å². The zero-order valence-corrected chi connectivity index (χ0v) is 11.1. The van der Waals surface area contributed by atoms with Gasteiger partial charge in [-0.15, -0.1) is 0 Å². The average Bonchev–Trinajstić information content (AvgIpc) is 2.89. The molecule has 21 heavy (non-hydrogen) atoms. The molecule has 0 fully saturated rings. The molecule has 1 aromatic heterocycles. The van der Waals surface area contributed by atoms with Gasteiger partial charge in [0.2, 0.25) is 0 Å². The summed E-state index contributed by atoms with van der Waals surface area (Å²) in [5.74, 6) is 0.548. The predicted molar refractivity (Wildman–Crippen MR) is 76.1 cm³/mol. The van der Waals surface area contributed by atoms with Crippen LogP contribution in [0, 0.1) is 0 Å². The fraction of sp³-hybridized carbons (Fsp3) is 0.133. The number of hydrogen-bond acceptors (Lipinski definition) is 2. The van der Waals surface area contributed by atoms with E-state index < -0.39 is 11.7 Å². The normalized spacial score (nSPS) is 11.8. The van der Waals surface area contributed by atoms with Crippen LogP contribution in [0.2, 0.25) is 0 Å². The highest BCUT2D eigenvalue weighted by molar-refractivity contribution is 5.80. The quantitative estimate of drug-likeness (QED) is 0.739. The van der Waals surface area contributed by atoms with Crippen LogP contribution in [0.1, 0.15) is 5.56 Å². The Hall–Kier alpha value is -2.50. The molecule has 0 aliphatic heterocycles. The van der Waals surface area contributed by atoms with Crippen LogP contribution in [0.4, 0.5) is 18.9 Å². The van der Waals surface area contributed by atoms with Crippen LogP contribution in [0.25, 0.3) is 22.4 Å². The Balaban J connectivity index is 2.04. The molecule has 0 bridgehead atoms. The lowest BCUT2D eigenvalue weighted by Gasteiger charge is -2.05. The third kappa shape index (κ3) is 2.56. The van der Waals surface area contributed by atoms with Gasteiger partial charge in [-0.3, -0.25) is 0 Å². The number of halogens is 3. The van der Waals surface area contributed by atoms with Gasteiger partial charge in [0.1, 0.15) is 5.82 Å². The number of aromatic nitrogens is 2. The molecule has 2 aromatic carbocycles. The Bertz CT molecular complexity index is 773. The van der Waals surface area contributed by atoms with Gasteiger partial charge in [-0.1, -0.05) is 0 Å². The molecule has 3 nitrogen and oxygen atoms in total. The number of anilines is 1. The molecule has 0 unspecified atom stereocenters. The van der Waals surface area contributed by atoms with Gasteiger partial charge in [0.05, 0.1) is 16.6 Å². The monoisotopic (exact) mass is 291 g/mol. The number of aromatic amines is 1. The van der Waals surface area contributed by atoms with E-state index in [4.69, 9.17) is 0 Å². The Morgan fingerprint density at radius 2 is 1.76 bits per heavy atom. The summed E-state index contributed by atoms with van der Waals surface area (Å²) in [6, 6.07) is 11.0. The van der Waals surface area contributed by atoms with E-state index in [1.165, 1.54) is 6.07 Å². The van der Waals surface area contributed by atoms with E-state index in [-0.39, 0.29) is 0 Å². The molecule has 3 rings (SSSR count). The summed E-state index contributed by atoms with van der Waals surface area (Å²) in [4.78, 5) is 7.25. The summed E-state index contributed by atoms with van der Waals surface area (Å²) in [7, 11) is 1.81. The second-order valence-corrected chi connectivity index (χ2v) is 4.64. The van der Waals surface area contributed by atoms with Crippen molar-refractivity contribution < 1.29 is 13.2 Å². The number of fused-ring (bicyclic) bond motifs is 1. The molecule has 6 heteroatoms. The smallest absolute Gasteiger partial charge is 0.388 e. The van der Waals surface area contributed by atoms with Crippen LogP contribution < -0.4 is 5.32 Å². The maximum Gasteiger partial charge on any atom is 0.416 e. The van der Waals surface area contributed by atoms with Gasteiger partial charge in [-0.25, -0.2) is 4.98 Å². The summed E-state index contributed by atoms with van der Waals surface area (Å²) in [6.07, 6.45) is -4.35. The Morgan fingerprint density at radius 1 is 1.05 bits per heavy atom. The zero-order valence-electron chi connectivity index (χ0n) is 11.1. The van der Waals surface area contributed by atoms with Gasteiger partial charge in [-0.2, -0.15) is 13.2 Å². The van der Waals surface area contributed by atoms with Gasteiger partial charge in [-0.05, 0) is 42.5 Å². The number of hydrogen-bond donors (Lipinski definition) is 2. The molecule has 0 aliphatic carbocycles. The van der Waals surface area contributed by atoms with E-state index in [2.05, 4.69) is 15.3 Å². The van der Waals surface area contributed by atoms with Crippen LogP contribution in [0.3, 0.4) is 0 Å². The Kier molecular flexibility index (Phi) is 3.08. The second-order valence-electron chi connectivity index (χ2n) is 4.64. The molecule has 0 spiro atoms. The van der Waals surface area contributed by atoms with Crippen molar-refractivity contribution in [3.05, 3.63) is 48.0 Å². The zero-order chi connectivity index (χ0) is 15.0. The van der Waals surface area contributed by atoms with Crippen molar-refractivity contribution in [3.8, 4) is 11.4 Å². The molecular weight excluding hydrogens is 279 g/mol. The molecule has 0 amide bonds. The Morgan fingerprint density at radius 3 is 2.38 bits per heavy atom. The SMILES string of the molecule is CNc1ccc(-c2nc3ccc(C(F)(F)F)cc3[nH]2)cc1. The lowest BCUT2D eigenvalue weighted by atomic mass is 10.2. The summed E-state index contributed by atoms with van der Waals surface area (Å²) in [6.45, 7) is 0. The molecule has 0 radical (unpaired) electrons. The molecule has 0 atom stereocenters. The van der Waals surface area contributed by atoms with Crippen LogP contribution in [-0.4, -0.2) is 17.0 Å². The molecule has 1 heterocycles. The highest BCUT2D eigenvalue weighted by Gasteiger charge is 2.30. The molecule has 0 saturated heterocycles. The van der Waals surface area contributed by atoms with Crippen molar-refractivity contribution in [1.82, 2.24) is 9.97 Å². The third-order valence-corrected chi connectivity index (χ3v) is 3.26. The fourth-order valence-corrected chi connectivity index (χ4v) is 2.12. The predicted octanol–water partition coefficient (Wildman–Crippen LogP) is 4.29. The minimum Gasteiger partial charge on any atom is -0.388 e. The van der Waals surface area contributed by atoms with Gasteiger partial charge in [0.25, 0.3) is 0 Å². The summed E-state index contributed by atoms with van der Waals surface area (Å²) >= 11 is 0. The standard InChI is InChI=1S/C15H12F3N3/c1-19-11-5-2-9(3-6-11)14-20-12-7-4-10(15(16,17)18)8-13(12)21-14/h2-8,19H,1H3,(H,20,21). The highest BCUT2D eigenvalue weighted by atomic mass is 19.4. The van der Waals surface area contributed by atoms with Gasteiger partial charge in [0, 0.05) is 18.3 Å². The number of rotatable bonds is 2. The van der Waals surface area contributed by atoms with Crippen LogP contribution in [-0.2, 0) is 6.18 Å². The van der Waals surface area contributed by atoms with E-state index in [1.807, 2.05) is 31.3 Å². The minimum atomic E-state index is -4.35. The summed E-state index contributed by atoms with van der Waals surface area (Å²) in [5, 5.41) is 3.00. The van der Waals surface area contributed by atoms with Crippen molar-refractivity contribution in [2.75, 3.05) is 12.4 Å². The van der Waals surface area contributed by atoms with Crippen LogP contribution >= 0.6 is 0 Å². The topological polar surface area (TPSA) is 40.7 Å². The molecule has 2 N–H and O–H groups in total. The molecular formula is C15H12F3N3. The first-order valence-corrected chi connectivity index (χ1v) is 6.32. The number of H-pyrrole nitrogens is 1. The van der Waals surface area contributed by atoms with Crippen LogP contribution in [0.5, 0.6) is 0 Å². The van der Waals surface area contributed by atoms with Crippen LogP contribution in [0.15, 0.2) is 42.5 Å². The average molecular weight is 291 g/mol. The van der Waals surface area contributed by atoms with Gasteiger partial charge in [0.15, 0.2) is 0 Å². The second kappa shape index (κ2) is 4.80. The number of nitrogens with one attached hydrogen (secondary N) is 2.